The highest BCUT2D eigenvalue weighted by molar-refractivity contribution is 7.23. The molecular formula is C21H23Cl2N3O4S. The van der Waals surface area contributed by atoms with Crippen molar-refractivity contribution in [3.8, 4) is 17.2 Å². The van der Waals surface area contributed by atoms with Crippen molar-refractivity contribution < 1.29 is 19.0 Å². The summed E-state index contributed by atoms with van der Waals surface area (Å²) in [6.07, 6.45) is 0.227. The lowest BCUT2D eigenvalue weighted by atomic mass is 10.1. The minimum Gasteiger partial charge on any atom is -0.494 e. The molecule has 0 bridgehead atoms. The van der Waals surface area contributed by atoms with Gasteiger partial charge in [-0.05, 0) is 43.9 Å². The lowest BCUT2D eigenvalue weighted by Gasteiger charge is -2.22. The Hall–Kier alpha value is -2.26. The van der Waals surface area contributed by atoms with Crippen LogP contribution in [0.2, 0.25) is 5.02 Å². The first kappa shape index (κ1) is 23.4. The topological polar surface area (TPSA) is 64.1 Å². The third-order valence-corrected chi connectivity index (χ3v) is 6.30. The van der Waals surface area contributed by atoms with Crippen LogP contribution in [0.25, 0.3) is 10.2 Å². The van der Waals surface area contributed by atoms with Crippen molar-refractivity contribution >= 4 is 56.6 Å². The average molecular weight is 484 g/mol. The van der Waals surface area contributed by atoms with Gasteiger partial charge in [-0.3, -0.25) is 9.69 Å². The normalized spacial score (nSPS) is 12.2. The van der Waals surface area contributed by atoms with Gasteiger partial charge in [-0.15, -0.1) is 12.4 Å². The summed E-state index contributed by atoms with van der Waals surface area (Å²) in [6, 6.07) is 9.13. The van der Waals surface area contributed by atoms with E-state index in [1.807, 2.05) is 37.2 Å². The molecule has 0 saturated carbocycles. The number of methoxy groups -OCH3 is 1. The van der Waals surface area contributed by atoms with Gasteiger partial charge in [0.15, 0.2) is 16.6 Å². The first-order valence-electron chi connectivity index (χ1n) is 9.43. The standard InChI is InChI=1S/C21H22ClN3O4S.ClH/c1-24(2)8-9-25(18(26)11-13-4-6-15-17(10-13)29-12-28-15)21-23-19-16(27-3)7-5-14(22)20(19)30-21;/h4-7,10H,8-9,11-12H2,1-3H3;1H. The van der Waals surface area contributed by atoms with E-state index >= 15 is 0 Å². The zero-order valence-electron chi connectivity index (χ0n) is 17.4. The molecule has 1 aliphatic rings. The molecule has 0 spiro atoms. The molecule has 0 aliphatic carbocycles. The monoisotopic (exact) mass is 483 g/mol. The summed E-state index contributed by atoms with van der Waals surface area (Å²) in [5.74, 6) is 1.94. The van der Waals surface area contributed by atoms with Gasteiger partial charge < -0.3 is 19.1 Å². The molecule has 0 atom stereocenters. The number of anilines is 1. The van der Waals surface area contributed by atoms with Crippen molar-refractivity contribution in [2.45, 2.75) is 6.42 Å². The number of hydrogen-bond donors (Lipinski definition) is 0. The molecule has 1 aromatic heterocycles. The van der Waals surface area contributed by atoms with E-state index in [1.54, 1.807) is 24.1 Å². The molecule has 4 rings (SSSR count). The van der Waals surface area contributed by atoms with Gasteiger partial charge in [0.25, 0.3) is 0 Å². The second kappa shape index (κ2) is 9.91. The maximum Gasteiger partial charge on any atom is 0.233 e. The second-order valence-electron chi connectivity index (χ2n) is 7.14. The van der Waals surface area contributed by atoms with Crippen LogP contribution in [0, 0.1) is 0 Å². The maximum atomic E-state index is 13.3. The number of likely N-dealkylation sites (N-methyl/N-ethyl adjacent to an activating group) is 1. The minimum absolute atomic E-state index is 0. The number of rotatable bonds is 7. The quantitative estimate of drug-likeness (QED) is 0.500. The van der Waals surface area contributed by atoms with Crippen LogP contribution in [0.5, 0.6) is 17.2 Å². The number of amides is 1. The zero-order valence-corrected chi connectivity index (χ0v) is 19.8. The summed E-state index contributed by atoms with van der Waals surface area (Å²) in [4.78, 5) is 21.7. The zero-order chi connectivity index (χ0) is 21.3. The summed E-state index contributed by atoms with van der Waals surface area (Å²) in [6.45, 7) is 1.42. The average Bonchev–Trinajstić information content (AvgIpc) is 3.35. The van der Waals surface area contributed by atoms with Gasteiger partial charge in [-0.25, -0.2) is 4.98 Å². The van der Waals surface area contributed by atoms with E-state index in [9.17, 15) is 4.79 Å². The molecule has 0 fully saturated rings. The summed E-state index contributed by atoms with van der Waals surface area (Å²) in [5.41, 5.74) is 1.52. The highest BCUT2D eigenvalue weighted by Crippen LogP contribution is 2.39. The molecule has 1 amide bonds. The summed E-state index contributed by atoms with van der Waals surface area (Å²) in [7, 11) is 5.54. The first-order valence-corrected chi connectivity index (χ1v) is 10.6. The minimum atomic E-state index is -0.0511. The third kappa shape index (κ3) is 4.98. The van der Waals surface area contributed by atoms with E-state index < -0.39 is 0 Å². The molecule has 10 heteroatoms. The molecule has 3 aromatic rings. The van der Waals surface area contributed by atoms with Crippen LogP contribution >= 0.6 is 35.3 Å². The van der Waals surface area contributed by atoms with E-state index in [2.05, 4.69) is 0 Å². The highest BCUT2D eigenvalue weighted by Gasteiger charge is 2.23. The number of hydrogen-bond acceptors (Lipinski definition) is 7. The molecule has 2 aromatic carbocycles. The Kier molecular flexibility index (Phi) is 7.48. The number of fused-ring (bicyclic) bond motifs is 2. The number of halogens is 2. The van der Waals surface area contributed by atoms with Crippen LogP contribution < -0.4 is 19.1 Å². The van der Waals surface area contributed by atoms with Gasteiger partial charge in [-0.2, -0.15) is 0 Å². The van der Waals surface area contributed by atoms with Crippen molar-refractivity contribution in [1.29, 1.82) is 0 Å². The van der Waals surface area contributed by atoms with Gasteiger partial charge >= 0.3 is 0 Å². The predicted molar refractivity (Wildman–Crippen MR) is 126 cm³/mol. The van der Waals surface area contributed by atoms with Crippen LogP contribution in [-0.4, -0.2) is 56.9 Å². The Bertz CT molecular complexity index is 1090. The molecule has 0 unspecified atom stereocenters. The van der Waals surface area contributed by atoms with E-state index in [4.69, 9.17) is 30.8 Å². The Morgan fingerprint density at radius 1 is 1.19 bits per heavy atom. The van der Waals surface area contributed by atoms with E-state index in [0.29, 0.717) is 46.0 Å². The molecule has 7 nitrogen and oxygen atoms in total. The largest absolute Gasteiger partial charge is 0.494 e. The summed E-state index contributed by atoms with van der Waals surface area (Å²) < 4.78 is 17.0. The lowest BCUT2D eigenvalue weighted by molar-refractivity contribution is -0.118. The third-order valence-electron chi connectivity index (χ3n) is 4.76. The van der Waals surface area contributed by atoms with Crippen molar-refractivity contribution in [3.63, 3.8) is 0 Å². The number of thiazole rings is 1. The van der Waals surface area contributed by atoms with Crippen LogP contribution in [0.3, 0.4) is 0 Å². The van der Waals surface area contributed by atoms with Crippen molar-refractivity contribution in [1.82, 2.24) is 9.88 Å². The molecule has 0 radical (unpaired) electrons. The molecule has 166 valence electrons. The van der Waals surface area contributed by atoms with Gasteiger partial charge in [-0.1, -0.05) is 29.0 Å². The fourth-order valence-electron chi connectivity index (χ4n) is 3.17. The number of nitrogens with zero attached hydrogens (tertiary/aromatic N) is 3. The maximum absolute atomic E-state index is 13.3. The highest BCUT2D eigenvalue weighted by atomic mass is 35.5. The number of carbonyl (C=O) groups is 1. The van der Waals surface area contributed by atoms with E-state index in [0.717, 1.165) is 10.3 Å². The lowest BCUT2D eigenvalue weighted by Crippen LogP contribution is -2.37. The molecule has 0 N–H and O–H groups in total. The number of aromatic nitrogens is 1. The van der Waals surface area contributed by atoms with Gasteiger partial charge in [0.2, 0.25) is 12.7 Å². The van der Waals surface area contributed by atoms with Crippen LogP contribution in [0.1, 0.15) is 5.56 Å². The SMILES string of the molecule is COc1ccc(Cl)c2sc(N(CCN(C)C)C(=O)Cc3ccc4c(c3)OCO4)nc12.Cl. The smallest absolute Gasteiger partial charge is 0.233 e. The van der Waals surface area contributed by atoms with E-state index in [1.165, 1.54) is 11.3 Å². The van der Waals surface area contributed by atoms with Crippen molar-refractivity contribution in [2.75, 3.05) is 46.0 Å². The fourth-order valence-corrected chi connectivity index (χ4v) is 4.47. The van der Waals surface area contributed by atoms with Gasteiger partial charge in [0, 0.05) is 13.1 Å². The molecular weight excluding hydrogens is 461 g/mol. The number of ether oxygens (including phenoxy) is 3. The summed E-state index contributed by atoms with van der Waals surface area (Å²) >= 11 is 7.76. The number of carbonyl (C=O) groups excluding carboxylic acids is 1. The first-order chi connectivity index (χ1) is 14.5. The Labute approximate surface area is 195 Å². The number of benzene rings is 2. The van der Waals surface area contributed by atoms with E-state index in [-0.39, 0.29) is 31.5 Å². The Morgan fingerprint density at radius 3 is 2.71 bits per heavy atom. The van der Waals surface area contributed by atoms with Crippen LogP contribution in [-0.2, 0) is 11.2 Å². The van der Waals surface area contributed by atoms with Gasteiger partial charge in [0.05, 0.1) is 23.3 Å². The Morgan fingerprint density at radius 2 is 1.97 bits per heavy atom. The summed E-state index contributed by atoms with van der Waals surface area (Å²) in [5, 5.41) is 1.19. The van der Waals surface area contributed by atoms with Gasteiger partial charge in [0.1, 0.15) is 11.3 Å². The molecule has 0 saturated heterocycles. The Balaban J connectivity index is 0.00000272. The van der Waals surface area contributed by atoms with Crippen LogP contribution in [0.15, 0.2) is 30.3 Å². The van der Waals surface area contributed by atoms with Crippen molar-refractivity contribution in [3.05, 3.63) is 40.9 Å². The molecule has 1 aliphatic heterocycles. The second-order valence-corrected chi connectivity index (χ2v) is 8.52. The van der Waals surface area contributed by atoms with Crippen molar-refractivity contribution in [2.24, 2.45) is 0 Å². The molecule has 31 heavy (non-hydrogen) atoms. The predicted octanol–water partition coefficient (Wildman–Crippen LogP) is 4.25. The fraction of sp³-hybridized carbons (Fsp3) is 0.333. The van der Waals surface area contributed by atoms with Crippen LogP contribution in [0.4, 0.5) is 5.13 Å². The molecule has 2 heterocycles.